The largest absolute Gasteiger partial charge is 0.496 e. The third kappa shape index (κ3) is 2.96. The predicted molar refractivity (Wildman–Crippen MR) is 114 cm³/mol. The summed E-state index contributed by atoms with van der Waals surface area (Å²) in [6.45, 7) is 6.20. The molecule has 1 aliphatic heterocycles. The van der Waals surface area contributed by atoms with Crippen molar-refractivity contribution < 1.29 is 27.4 Å². The van der Waals surface area contributed by atoms with Gasteiger partial charge in [0.15, 0.2) is 0 Å². The molecule has 1 heterocycles. The van der Waals surface area contributed by atoms with Crippen LogP contribution in [0.1, 0.15) is 88.3 Å². The quantitative estimate of drug-likeness (QED) is 0.448. The van der Waals surface area contributed by atoms with Crippen LogP contribution < -0.4 is 4.74 Å². The van der Waals surface area contributed by atoms with Crippen molar-refractivity contribution in [3.63, 3.8) is 0 Å². The summed E-state index contributed by atoms with van der Waals surface area (Å²) in [6.07, 6.45) is 2.64. The minimum absolute atomic E-state index is 0.0769. The van der Waals surface area contributed by atoms with Crippen molar-refractivity contribution in [1.29, 1.82) is 0 Å². The summed E-state index contributed by atoms with van der Waals surface area (Å²) in [5, 5.41) is 0. The third-order valence-corrected chi connectivity index (χ3v) is 9.63. The van der Waals surface area contributed by atoms with E-state index in [1.807, 2.05) is 13.8 Å². The van der Waals surface area contributed by atoms with Gasteiger partial charge in [-0.25, -0.2) is 0 Å². The highest BCUT2D eigenvalue weighted by Crippen LogP contribution is 2.67. The number of hydrogen-bond acceptors (Lipinski definition) is 3. The fourth-order valence-electron chi connectivity index (χ4n) is 7.64. The normalized spacial score (nSPS) is 38.0. The molecule has 0 radical (unpaired) electrons. The lowest BCUT2D eigenvalue weighted by Gasteiger charge is -2.56. The Morgan fingerprint density at radius 1 is 1.03 bits per heavy atom. The van der Waals surface area contributed by atoms with E-state index in [4.69, 9.17) is 9.47 Å². The highest BCUT2D eigenvalue weighted by atomic mass is 19.4. The van der Waals surface area contributed by atoms with Gasteiger partial charge in [-0.1, -0.05) is 6.92 Å². The van der Waals surface area contributed by atoms with Crippen LogP contribution in [0, 0.1) is 22.7 Å². The van der Waals surface area contributed by atoms with Crippen molar-refractivity contribution in [2.45, 2.75) is 89.8 Å². The minimum Gasteiger partial charge on any atom is -0.496 e. The number of rotatable bonds is 1. The first-order chi connectivity index (χ1) is 14.9. The van der Waals surface area contributed by atoms with E-state index >= 15 is 0 Å². The van der Waals surface area contributed by atoms with Gasteiger partial charge in [0.1, 0.15) is 11.4 Å². The second-order valence-corrected chi connectivity index (χ2v) is 11.4. The molecule has 3 fully saturated rings. The molecule has 0 aromatic heterocycles. The van der Waals surface area contributed by atoms with E-state index in [0.29, 0.717) is 11.8 Å². The molecule has 1 aromatic carbocycles. The third-order valence-electron chi connectivity index (χ3n) is 9.63. The summed E-state index contributed by atoms with van der Waals surface area (Å²) in [7, 11) is 1.30. The second-order valence-electron chi connectivity index (χ2n) is 11.4. The van der Waals surface area contributed by atoms with Gasteiger partial charge in [0, 0.05) is 5.41 Å². The van der Waals surface area contributed by atoms with Gasteiger partial charge < -0.3 is 9.47 Å². The molecule has 5 unspecified atom stereocenters. The Labute approximate surface area is 188 Å². The van der Waals surface area contributed by atoms with Gasteiger partial charge in [0.25, 0.3) is 0 Å². The van der Waals surface area contributed by atoms with Crippen LogP contribution in [0.15, 0.2) is 12.1 Å². The summed E-state index contributed by atoms with van der Waals surface area (Å²) < 4.78 is 52.5. The maximum Gasteiger partial charge on any atom is 0.419 e. The fourth-order valence-corrected chi connectivity index (χ4v) is 7.64. The number of carbonyl (C=O) groups excluding carboxylic acids is 1. The number of ether oxygens (including phenoxy) is 2. The van der Waals surface area contributed by atoms with Crippen molar-refractivity contribution >= 4 is 5.97 Å². The van der Waals surface area contributed by atoms with Crippen LogP contribution in [0.3, 0.4) is 0 Å². The topological polar surface area (TPSA) is 35.5 Å². The lowest BCUT2D eigenvalue weighted by Crippen LogP contribution is -2.56. The monoisotopic (exact) mass is 450 g/mol. The molecule has 0 N–H and O–H groups in total. The van der Waals surface area contributed by atoms with Crippen molar-refractivity contribution in [2.24, 2.45) is 22.7 Å². The van der Waals surface area contributed by atoms with E-state index in [-0.39, 0.29) is 23.1 Å². The van der Waals surface area contributed by atoms with E-state index in [0.717, 1.165) is 62.5 Å². The zero-order valence-electron chi connectivity index (χ0n) is 19.4. The Balaban J connectivity index is 1.49. The molecule has 1 saturated heterocycles. The molecule has 3 nitrogen and oxygen atoms in total. The number of esters is 1. The predicted octanol–water partition coefficient (Wildman–Crippen LogP) is 6.67. The van der Waals surface area contributed by atoms with Crippen molar-refractivity contribution in [3.8, 4) is 5.75 Å². The average molecular weight is 451 g/mol. The highest BCUT2D eigenvalue weighted by molar-refractivity contribution is 5.77. The van der Waals surface area contributed by atoms with Crippen LogP contribution >= 0.6 is 0 Å². The summed E-state index contributed by atoms with van der Waals surface area (Å²) >= 11 is 0. The molecule has 0 bridgehead atoms. The first-order valence-electron chi connectivity index (χ1n) is 11.9. The van der Waals surface area contributed by atoms with E-state index in [9.17, 15) is 18.0 Å². The molecule has 5 atom stereocenters. The standard InChI is InChI=1S/C26H33F3O3/c1-23(2)11-12-25(32-22(23)30)10-8-19-17-6-5-15-13-21(31-4)20(26(27,28)29)14-18(15)16(17)7-9-24(19,25)3/h13-14,16-17,19H,5-12H2,1-4H3. The molecule has 4 aliphatic rings. The van der Waals surface area contributed by atoms with Gasteiger partial charge in [0.05, 0.1) is 18.1 Å². The first kappa shape index (κ1) is 22.1. The Hall–Kier alpha value is -1.72. The van der Waals surface area contributed by atoms with E-state index in [1.54, 1.807) is 6.07 Å². The lowest BCUT2D eigenvalue weighted by molar-refractivity contribution is -0.206. The number of aryl methyl sites for hydroxylation is 1. The number of fused-ring (bicyclic) bond motifs is 6. The molecular formula is C26H33F3O3. The molecule has 32 heavy (non-hydrogen) atoms. The molecule has 1 spiro atoms. The molecule has 0 amide bonds. The van der Waals surface area contributed by atoms with Crippen molar-refractivity contribution in [3.05, 3.63) is 28.8 Å². The molecule has 1 aromatic rings. The average Bonchev–Trinajstić information content (AvgIpc) is 3.01. The molecule has 6 heteroatoms. The Morgan fingerprint density at radius 3 is 2.44 bits per heavy atom. The Bertz CT molecular complexity index is 952. The van der Waals surface area contributed by atoms with Gasteiger partial charge in [0.2, 0.25) is 0 Å². The summed E-state index contributed by atoms with van der Waals surface area (Å²) in [5.74, 6) is 0.675. The zero-order chi connectivity index (χ0) is 23.1. The fraction of sp³-hybridized carbons (Fsp3) is 0.731. The maximum atomic E-state index is 13.7. The van der Waals surface area contributed by atoms with Gasteiger partial charge in [-0.2, -0.15) is 13.2 Å². The number of benzene rings is 1. The summed E-state index contributed by atoms with van der Waals surface area (Å²) in [6, 6.07) is 2.98. The van der Waals surface area contributed by atoms with Crippen LogP contribution in [0.4, 0.5) is 13.2 Å². The van der Waals surface area contributed by atoms with E-state index < -0.39 is 22.8 Å². The number of hydrogen-bond donors (Lipinski definition) is 0. The highest BCUT2D eigenvalue weighted by Gasteiger charge is 2.65. The lowest BCUT2D eigenvalue weighted by atomic mass is 9.52. The van der Waals surface area contributed by atoms with Crippen molar-refractivity contribution in [2.75, 3.05) is 7.11 Å². The zero-order valence-corrected chi connectivity index (χ0v) is 19.4. The summed E-state index contributed by atoms with van der Waals surface area (Å²) in [5.41, 5.74) is 0.244. The van der Waals surface area contributed by atoms with E-state index in [1.165, 1.54) is 13.2 Å². The molecule has 2 saturated carbocycles. The smallest absolute Gasteiger partial charge is 0.419 e. The van der Waals surface area contributed by atoms with Crippen LogP contribution in [-0.2, 0) is 22.1 Å². The molecule has 176 valence electrons. The van der Waals surface area contributed by atoms with Crippen LogP contribution in [0.25, 0.3) is 0 Å². The number of carbonyl (C=O) groups is 1. The Kier molecular flexibility index (Phi) is 4.76. The SMILES string of the molecule is COc1cc2c(cc1C(F)(F)F)C1CCC3(C)C(CCC34CCC(C)(C)C(=O)O4)C1CC2. The molecule has 5 rings (SSSR count). The second kappa shape index (κ2) is 6.89. The molecular weight excluding hydrogens is 417 g/mol. The summed E-state index contributed by atoms with van der Waals surface area (Å²) in [4.78, 5) is 12.8. The maximum absolute atomic E-state index is 13.7. The van der Waals surface area contributed by atoms with Gasteiger partial charge in [-0.3, -0.25) is 4.79 Å². The van der Waals surface area contributed by atoms with Crippen LogP contribution in [0.2, 0.25) is 0 Å². The molecule has 3 aliphatic carbocycles. The van der Waals surface area contributed by atoms with Crippen LogP contribution in [-0.4, -0.2) is 18.7 Å². The van der Waals surface area contributed by atoms with Gasteiger partial charge in [-0.05, 0) is 106 Å². The van der Waals surface area contributed by atoms with Crippen molar-refractivity contribution in [1.82, 2.24) is 0 Å². The van der Waals surface area contributed by atoms with Crippen LogP contribution in [0.5, 0.6) is 5.75 Å². The first-order valence-corrected chi connectivity index (χ1v) is 11.9. The number of halogens is 3. The number of alkyl halides is 3. The number of methoxy groups -OCH3 is 1. The van der Waals surface area contributed by atoms with Gasteiger partial charge in [-0.15, -0.1) is 0 Å². The minimum atomic E-state index is -4.43. The van der Waals surface area contributed by atoms with Gasteiger partial charge >= 0.3 is 12.1 Å². The Morgan fingerprint density at radius 2 is 1.78 bits per heavy atom. The van der Waals surface area contributed by atoms with E-state index in [2.05, 4.69) is 6.92 Å².